The Labute approximate surface area is 150 Å². The van der Waals surface area contributed by atoms with Crippen LogP contribution in [0, 0.1) is 5.92 Å². The van der Waals surface area contributed by atoms with Crippen LogP contribution in [0.15, 0.2) is 11.1 Å². The van der Waals surface area contributed by atoms with Crippen molar-refractivity contribution >= 4 is 17.7 Å². The van der Waals surface area contributed by atoms with Crippen molar-refractivity contribution < 1.29 is 18.0 Å². The molecule has 0 saturated heterocycles. The third-order valence-electron chi connectivity index (χ3n) is 4.75. The summed E-state index contributed by atoms with van der Waals surface area (Å²) in [6.45, 7) is 0. The minimum Gasteiger partial charge on any atom is -0.309 e. The molecule has 1 aromatic rings. The van der Waals surface area contributed by atoms with E-state index in [0.717, 1.165) is 44.6 Å². The van der Waals surface area contributed by atoms with Gasteiger partial charge in [0.05, 0.1) is 6.04 Å². The van der Waals surface area contributed by atoms with Gasteiger partial charge in [-0.15, -0.1) is 0 Å². The van der Waals surface area contributed by atoms with Crippen LogP contribution in [-0.2, 0) is 11.0 Å². The Balaban J connectivity index is 1.65. The number of H-pyrrole nitrogens is 1. The number of nitrogens with one attached hydrogen (secondary N) is 3. The van der Waals surface area contributed by atoms with Crippen molar-refractivity contribution in [3.63, 3.8) is 0 Å². The maximum absolute atomic E-state index is 12.7. The first-order chi connectivity index (χ1) is 12.4. The van der Waals surface area contributed by atoms with Crippen molar-refractivity contribution in [1.29, 1.82) is 0 Å². The average molecular weight is 371 g/mol. The SMILES string of the molecule is O=C(CCC1CC1)NC(=NC1CCCCC1)Nc1cc(C(F)(F)F)[nH]n1. The first-order valence-electron chi connectivity index (χ1n) is 9.17. The number of carbonyl (C=O) groups is 1. The van der Waals surface area contributed by atoms with E-state index in [9.17, 15) is 18.0 Å². The molecule has 1 aromatic heterocycles. The van der Waals surface area contributed by atoms with E-state index in [2.05, 4.69) is 20.7 Å². The predicted octanol–water partition coefficient (Wildman–Crippen LogP) is 3.84. The maximum Gasteiger partial charge on any atom is 0.432 e. The molecule has 0 spiro atoms. The number of hydrogen-bond acceptors (Lipinski definition) is 3. The zero-order valence-electron chi connectivity index (χ0n) is 14.5. The Morgan fingerprint density at radius 1 is 1.23 bits per heavy atom. The van der Waals surface area contributed by atoms with Crippen molar-refractivity contribution in [2.24, 2.45) is 10.9 Å². The largest absolute Gasteiger partial charge is 0.432 e. The number of nitrogens with zero attached hydrogens (tertiary/aromatic N) is 2. The number of rotatable bonds is 5. The predicted molar refractivity (Wildman–Crippen MR) is 91.6 cm³/mol. The van der Waals surface area contributed by atoms with Crippen LogP contribution >= 0.6 is 0 Å². The molecule has 2 saturated carbocycles. The molecule has 0 radical (unpaired) electrons. The van der Waals surface area contributed by atoms with Crippen LogP contribution in [0.2, 0.25) is 0 Å². The minimum atomic E-state index is -4.50. The topological polar surface area (TPSA) is 82.2 Å². The number of carbonyl (C=O) groups excluding carboxylic acids is 1. The van der Waals surface area contributed by atoms with E-state index in [1.165, 1.54) is 12.8 Å². The van der Waals surface area contributed by atoms with Gasteiger partial charge in [-0.25, -0.2) is 4.99 Å². The smallest absolute Gasteiger partial charge is 0.309 e. The third kappa shape index (κ3) is 5.74. The number of amides is 1. The molecule has 2 fully saturated rings. The lowest BCUT2D eigenvalue weighted by Crippen LogP contribution is -2.37. The summed E-state index contributed by atoms with van der Waals surface area (Å²) in [5.74, 6) is 0.617. The lowest BCUT2D eigenvalue weighted by Gasteiger charge is -2.19. The number of guanidine groups is 1. The van der Waals surface area contributed by atoms with Gasteiger partial charge in [-0.05, 0) is 25.2 Å². The highest BCUT2D eigenvalue weighted by Crippen LogP contribution is 2.33. The highest BCUT2D eigenvalue weighted by Gasteiger charge is 2.33. The van der Waals surface area contributed by atoms with Gasteiger partial charge < -0.3 is 5.32 Å². The Morgan fingerprint density at radius 2 is 1.96 bits per heavy atom. The Hall–Kier alpha value is -2.06. The highest BCUT2D eigenvalue weighted by atomic mass is 19.4. The van der Waals surface area contributed by atoms with E-state index in [1.54, 1.807) is 0 Å². The molecule has 1 heterocycles. The number of hydrogen-bond donors (Lipinski definition) is 3. The summed E-state index contributed by atoms with van der Waals surface area (Å²) in [7, 11) is 0. The van der Waals surface area contributed by atoms with Gasteiger partial charge in [0.2, 0.25) is 11.9 Å². The van der Waals surface area contributed by atoms with Crippen molar-refractivity contribution in [2.75, 3.05) is 5.32 Å². The van der Waals surface area contributed by atoms with Crippen molar-refractivity contribution in [3.05, 3.63) is 11.8 Å². The second-order valence-electron chi connectivity index (χ2n) is 7.09. The summed E-state index contributed by atoms with van der Waals surface area (Å²) >= 11 is 0. The molecule has 0 aromatic carbocycles. The van der Waals surface area contributed by atoms with Crippen LogP contribution in [-0.4, -0.2) is 28.1 Å². The normalized spacial score (nSPS) is 19.4. The standard InChI is InChI=1S/C17H24F3N5O/c18-17(19,20)13-10-14(25-24-13)22-16(21-12-4-2-1-3-5-12)23-15(26)9-8-11-6-7-11/h10-12H,1-9H2,(H3,21,22,23,24,25,26). The van der Waals surface area contributed by atoms with E-state index < -0.39 is 11.9 Å². The number of halogens is 3. The highest BCUT2D eigenvalue weighted by molar-refractivity contribution is 6.03. The molecule has 0 aliphatic heterocycles. The molecule has 26 heavy (non-hydrogen) atoms. The Bertz CT molecular complexity index is 645. The third-order valence-corrected chi connectivity index (χ3v) is 4.75. The second kappa shape index (κ2) is 8.09. The zero-order chi connectivity index (χ0) is 18.6. The monoisotopic (exact) mass is 371 g/mol. The lowest BCUT2D eigenvalue weighted by molar-refractivity contribution is -0.141. The summed E-state index contributed by atoms with van der Waals surface area (Å²) in [5.41, 5.74) is -0.947. The Morgan fingerprint density at radius 3 is 2.58 bits per heavy atom. The fourth-order valence-corrected chi connectivity index (χ4v) is 3.08. The molecular formula is C17H24F3N5O. The van der Waals surface area contributed by atoms with Gasteiger partial charge >= 0.3 is 6.18 Å². The summed E-state index contributed by atoms with van der Waals surface area (Å²) < 4.78 is 38.1. The fourth-order valence-electron chi connectivity index (χ4n) is 3.08. The lowest BCUT2D eigenvalue weighted by atomic mass is 9.96. The number of aromatic amines is 1. The van der Waals surface area contributed by atoms with Crippen molar-refractivity contribution in [1.82, 2.24) is 15.5 Å². The van der Waals surface area contributed by atoms with Gasteiger partial charge in [-0.1, -0.05) is 32.1 Å². The van der Waals surface area contributed by atoms with Crippen molar-refractivity contribution in [3.8, 4) is 0 Å². The summed E-state index contributed by atoms with van der Waals surface area (Å²) in [6.07, 6.45) is 4.19. The summed E-state index contributed by atoms with van der Waals surface area (Å²) in [4.78, 5) is 16.7. The maximum atomic E-state index is 12.7. The van der Waals surface area contributed by atoms with Gasteiger partial charge in [0, 0.05) is 12.5 Å². The number of alkyl halides is 3. The quantitative estimate of drug-likeness (QED) is 0.543. The van der Waals surface area contributed by atoms with E-state index in [-0.39, 0.29) is 23.7 Å². The van der Waals surface area contributed by atoms with Crippen LogP contribution < -0.4 is 10.6 Å². The number of anilines is 1. The molecule has 1 amide bonds. The van der Waals surface area contributed by atoms with Crippen LogP contribution in [0.25, 0.3) is 0 Å². The fraction of sp³-hybridized carbons (Fsp3) is 0.706. The number of aliphatic imine (C=N–C) groups is 1. The molecule has 0 bridgehead atoms. The van der Waals surface area contributed by atoms with Gasteiger partial charge in [0.1, 0.15) is 5.69 Å². The molecule has 2 aliphatic rings. The molecule has 144 valence electrons. The second-order valence-corrected chi connectivity index (χ2v) is 7.09. The minimum absolute atomic E-state index is 0.0191. The van der Waals surface area contributed by atoms with Gasteiger partial charge in [-0.3, -0.25) is 15.2 Å². The first-order valence-corrected chi connectivity index (χ1v) is 9.17. The molecule has 3 N–H and O–H groups in total. The Kier molecular flexibility index (Phi) is 5.83. The summed E-state index contributed by atoms with van der Waals surface area (Å²) in [5, 5.41) is 11.0. The summed E-state index contributed by atoms with van der Waals surface area (Å²) in [6, 6.07) is 0.934. The van der Waals surface area contributed by atoms with E-state index in [1.807, 2.05) is 5.10 Å². The van der Waals surface area contributed by atoms with Gasteiger partial charge in [-0.2, -0.15) is 18.3 Å². The van der Waals surface area contributed by atoms with E-state index in [4.69, 9.17) is 0 Å². The molecule has 6 nitrogen and oxygen atoms in total. The molecular weight excluding hydrogens is 347 g/mol. The molecule has 2 aliphatic carbocycles. The van der Waals surface area contributed by atoms with Gasteiger partial charge in [0.25, 0.3) is 0 Å². The van der Waals surface area contributed by atoms with E-state index in [0.29, 0.717) is 12.3 Å². The zero-order valence-corrected chi connectivity index (χ0v) is 14.5. The first kappa shape index (κ1) is 18.7. The van der Waals surface area contributed by atoms with Crippen LogP contribution in [0.1, 0.15) is 63.5 Å². The number of aromatic nitrogens is 2. The van der Waals surface area contributed by atoms with Crippen LogP contribution in [0.5, 0.6) is 0 Å². The van der Waals surface area contributed by atoms with E-state index >= 15 is 0 Å². The van der Waals surface area contributed by atoms with Crippen LogP contribution in [0.4, 0.5) is 19.0 Å². The van der Waals surface area contributed by atoms with Gasteiger partial charge in [0.15, 0.2) is 5.82 Å². The molecule has 0 atom stereocenters. The van der Waals surface area contributed by atoms with Crippen molar-refractivity contribution in [2.45, 2.75) is 70.0 Å². The molecule has 0 unspecified atom stereocenters. The van der Waals surface area contributed by atoms with Crippen LogP contribution in [0.3, 0.4) is 0 Å². The molecule has 3 rings (SSSR count). The average Bonchev–Trinajstić information content (AvgIpc) is 3.29. The molecule has 9 heteroatoms.